The number of methoxy groups -OCH3 is 1. The minimum absolute atomic E-state index is 0.213. The third-order valence-electron chi connectivity index (χ3n) is 3.25. The van der Waals surface area contributed by atoms with E-state index in [1.54, 1.807) is 43.0 Å². The molecule has 0 atom stereocenters. The average Bonchev–Trinajstić information content (AvgIpc) is 3.00. The van der Waals surface area contributed by atoms with Crippen LogP contribution in [0, 0.1) is 6.92 Å². The highest BCUT2D eigenvalue weighted by atomic mass is 35.5. The summed E-state index contributed by atoms with van der Waals surface area (Å²) >= 11 is 6.02. The van der Waals surface area contributed by atoms with Gasteiger partial charge in [-0.15, -0.1) is 0 Å². The van der Waals surface area contributed by atoms with Crippen molar-refractivity contribution in [3.63, 3.8) is 0 Å². The number of carbonyl (C=O) groups is 1. The fourth-order valence-electron chi connectivity index (χ4n) is 2.30. The zero-order valence-corrected chi connectivity index (χ0v) is 12.6. The summed E-state index contributed by atoms with van der Waals surface area (Å²) in [6, 6.07) is 5.05. The van der Waals surface area contributed by atoms with Crippen molar-refractivity contribution < 1.29 is 13.9 Å². The number of nitrogens with zero attached hydrogens (tertiary/aromatic N) is 2. The molecule has 0 N–H and O–H groups in total. The summed E-state index contributed by atoms with van der Waals surface area (Å²) in [5, 5.41) is 5.42. The first-order chi connectivity index (χ1) is 9.99. The molecule has 21 heavy (non-hydrogen) atoms. The van der Waals surface area contributed by atoms with Crippen molar-refractivity contribution in [2.24, 2.45) is 7.05 Å². The van der Waals surface area contributed by atoms with Gasteiger partial charge < -0.3 is 9.15 Å². The van der Waals surface area contributed by atoms with Gasteiger partial charge in [-0.25, -0.2) is 0 Å². The van der Waals surface area contributed by atoms with E-state index in [-0.39, 0.29) is 11.5 Å². The molecular weight excluding hydrogens is 292 g/mol. The minimum Gasteiger partial charge on any atom is -0.493 e. The van der Waals surface area contributed by atoms with Crippen molar-refractivity contribution in [3.8, 4) is 5.75 Å². The lowest BCUT2D eigenvalue weighted by molar-refractivity contribution is 0.101. The minimum atomic E-state index is -0.213. The predicted octanol–water partition coefficient (Wildman–Crippen LogP) is 3.37. The Morgan fingerprint density at radius 3 is 2.76 bits per heavy atom. The van der Waals surface area contributed by atoms with Gasteiger partial charge in [0.05, 0.1) is 18.4 Å². The lowest BCUT2D eigenvalue weighted by atomic mass is 10.1. The third kappa shape index (κ3) is 2.29. The van der Waals surface area contributed by atoms with Gasteiger partial charge in [-0.05, 0) is 19.1 Å². The smallest absolute Gasteiger partial charge is 0.231 e. The molecule has 6 heteroatoms. The van der Waals surface area contributed by atoms with Crippen LogP contribution in [0.4, 0.5) is 0 Å². The zero-order valence-electron chi connectivity index (χ0n) is 11.8. The van der Waals surface area contributed by atoms with Gasteiger partial charge in [-0.1, -0.05) is 11.6 Å². The van der Waals surface area contributed by atoms with Gasteiger partial charge >= 0.3 is 0 Å². The Morgan fingerprint density at radius 1 is 1.38 bits per heavy atom. The van der Waals surface area contributed by atoms with E-state index < -0.39 is 0 Å². The Bertz CT molecular complexity index is 848. The molecule has 0 saturated heterocycles. The molecule has 2 aromatic heterocycles. The van der Waals surface area contributed by atoms with Crippen LogP contribution in [-0.4, -0.2) is 22.7 Å². The van der Waals surface area contributed by atoms with E-state index in [9.17, 15) is 4.79 Å². The van der Waals surface area contributed by atoms with Crippen LogP contribution in [0.3, 0.4) is 0 Å². The lowest BCUT2D eigenvalue weighted by Crippen LogP contribution is -1.99. The van der Waals surface area contributed by atoms with Crippen molar-refractivity contribution in [3.05, 3.63) is 46.4 Å². The van der Waals surface area contributed by atoms with Crippen molar-refractivity contribution >= 4 is 28.4 Å². The Labute approximate surface area is 126 Å². The molecule has 0 aliphatic heterocycles. The summed E-state index contributed by atoms with van der Waals surface area (Å²) in [6.45, 7) is 1.79. The van der Waals surface area contributed by atoms with Crippen molar-refractivity contribution in [2.75, 3.05) is 7.11 Å². The summed E-state index contributed by atoms with van der Waals surface area (Å²) < 4.78 is 12.5. The number of ether oxygens (including phenoxy) is 1. The maximum atomic E-state index is 12.5. The molecule has 2 heterocycles. The largest absolute Gasteiger partial charge is 0.493 e. The highest BCUT2D eigenvalue weighted by Gasteiger charge is 2.20. The molecule has 0 bridgehead atoms. The standard InChI is InChI=1S/C15H13ClN2O3/c1-8-11(7-18(2)17-8)14(19)12-5-9-4-10(16)6-13(20-3)15(9)21-12/h4-7H,1-3H3. The number of fused-ring (bicyclic) bond motifs is 1. The number of carbonyl (C=O) groups excluding carboxylic acids is 1. The summed E-state index contributed by atoms with van der Waals surface area (Å²) in [4.78, 5) is 12.5. The highest BCUT2D eigenvalue weighted by molar-refractivity contribution is 6.31. The second kappa shape index (κ2) is 4.93. The topological polar surface area (TPSA) is 57.3 Å². The normalized spacial score (nSPS) is 11.0. The second-order valence-corrected chi connectivity index (χ2v) is 5.20. The molecule has 108 valence electrons. The van der Waals surface area contributed by atoms with E-state index in [1.165, 1.54) is 7.11 Å². The monoisotopic (exact) mass is 304 g/mol. The Morgan fingerprint density at radius 2 is 2.14 bits per heavy atom. The Kier molecular flexibility index (Phi) is 3.22. The first kappa shape index (κ1) is 13.7. The van der Waals surface area contributed by atoms with Gasteiger partial charge in [0, 0.05) is 29.7 Å². The number of benzene rings is 1. The van der Waals surface area contributed by atoms with Gasteiger partial charge in [0.2, 0.25) is 5.78 Å². The van der Waals surface area contributed by atoms with Crippen LogP contribution in [0.2, 0.25) is 5.02 Å². The number of aromatic nitrogens is 2. The van der Waals surface area contributed by atoms with Crippen molar-refractivity contribution in [1.29, 1.82) is 0 Å². The molecule has 0 spiro atoms. The third-order valence-corrected chi connectivity index (χ3v) is 3.47. The molecule has 1 aromatic carbocycles. The van der Waals surface area contributed by atoms with Crippen LogP contribution in [0.25, 0.3) is 11.0 Å². The predicted molar refractivity (Wildman–Crippen MR) is 79.2 cm³/mol. The quantitative estimate of drug-likeness (QED) is 0.696. The number of halogens is 1. The van der Waals surface area contributed by atoms with E-state index >= 15 is 0 Å². The van der Waals surface area contributed by atoms with Crippen molar-refractivity contribution in [2.45, 2.75) is 6.92 Å². The highest BCUT2D eigenvalue weighted by Crippen LogP contribution is 2.33. The van der Waals surface area contributed by atoms with E-state index in [4.69, 9.17) is 20.8 Å². The molecule has 0 unspecified atom stereocenters. The van der Waals surface area contributed by atoms with Crippen LogP contribution in [0.1, 0.15) is 21.8 Å². The fraction of sp³-hybridized carbons (Fsp3) is 0.200. The number of ketones is 1. The molecule has 0 aliphatic carbocycles. The van der Waals surface area contributed by atoms with Gasteiger partial charge in [0.25, 0.3) is 0 Å². The van der Waals surface area contributed by atoms with Crippen LogP contribution in [-0.2, 0) is 7.05 Å². The van der Waals surface area contributed by atoms with E-state index in [0.29, 0.717) is 27.6 Å². The van der Waals surface area contributed by atoms with Crippen LogP contribution >= 0.6 is 11.6 Å². The molecule has 0 radical (unpaired) electrons. The molecule has 5 nitrogen and oxygen atoms in total. The first-order valence-electron chi connectivity index (χ1n) is 6.31. The van der Waals surface area contributed by atoms with E-state index in [2.05, 4.69) is 5.10 Å². The summed E-state index contributed by atoms with van der Waals surface area (Å²) in [5.41, 5.74) is 1.68. The maximum absolute atomic E-state index is 12.5. The van der Waals surface area contributed by atoms with E-state index in [1.807, 2.05) is 0 Å². The summed E-state index contributed by atoms with van der Waals surface area (Å²) in [6.07, 6.45) is 1.68. The maximum Gasteiger partial charge on any atom is 0.231 e. The van der Waals surface area contributed by atoms with Gasteiger partial charge in [-0.2, -0.15) is 5.10 Å². The molecule has 0 aliphatic rings. The van der Waals surface area contributed by atoms with Crippen LogP contribution in [0.15, 0.2) is 28.8 Å². The Hall–Kier alpha value is -2.27. The van der Waals surface area contributed by atoms with Crippen LogP contribution in [0.5, 0.6) is 5.75 Å². The fourth-order valence-corrected chi connectivity index (χ4v) is 2.52. The van der Waals surface area contributed by atoms with Gasteiger partial charge in [0.15, 0.2) is 17.1 Å². The summed E-state index contributed by atoms with van der Waals surface area (Å²) in [7, 11) is 3.30. The number of hydrogen-bond acceptors (Lipinski definition) is 4. The lowest BCUT2D eigenvalue weighted by Gasteiger charge is -2.00. The Balaban J connectivity index is 2.13. The molecule has 3 aromatic rings. The number of rotatable bonds is 3. The van der Waals surface area contributed by atoms with E-state index in [0.717, 1.165) is 5.39 Å². The molecule has 3 rings (SSSR count). The van der Waals surface area contributed by atoms with Crippen molar-refractivity contribution in [1.82, 2.24) is 9.78 Å². The van der Waals surface area contributed by atoms with Gasteiger partial charge in [0.1, 0.15) is 0 Å². The molecule has 0 fully saturated rings. The number of hydrogen-bond donors (Lipinski definition) is 0. The van der Waals surface area contributed by atoms with Gasteiger partial charge in [-0.3, -0.25) is 9.48 Å². The SMILES string of the molecule is COc1cc(Cl)cc2cc(C(=O)c3cn(C)nc3C)oc12. The zero-order chi connectivity index (χ0) is 15.1. The average molecular weight is 305 g/mol. The molecular formula is C15H13ClN2O3. The number of furan rings is 1. The second-order valence-electron chi connectivity index (χ2n) is 4.77. The first-order valence-corrected chi connectivity index (χ1v) is 6.69. The summed E-state index contributed by atoms with van der Waals surface area (Å²) in [5.74, 6) is 0.524. The molecule has 0 saturated carbocycles. The molecule has 0 amide bonds. The number of aryl methyl sites for hydroxylation is 2. The van der Waals surface area contributed by atoms with Crippen LogP contribution < -0.4 is 4.74 Å².